The lowest BCUT2D eigenvalue weighted by Crippen LogP contribution is -2.48. The third kappa shape index (κ3) is 5.41. The second kappa shape index (κ2) is 7.73. The van der Waals surface area contributed by atoms with Crippen LogP contribution in [0.15, 0.2) is 18.2 Å². The van der Waals surface area contributed by atoms with Gasteiger partial charge in [0, 0.05) is 12.2 Å². The Kier molecular flexibility index (Phi) is 6.54. The minimum atomic E-state index is -3.60. The SMILES string of the molecule is CS(=O)(=O)Nc1cc(NC(=O)C2COCCN2)ccc1F.Cl. The number of hydrogen-bond donors (Lipinski definition) is 3. The van der Waals surface area contributed by atoms with Crippen molar-refractivity contribution < 1.29 is 22.3 Å². The fourth-order valence-electron chi connectivity index (χ4n) is 1.84. The maximum atomic E-state index is 13.5. The third-order valence-corrected chi connectivity index (χ3v) is 3.36. The Hall–Kier alpha value is -1.42. The zero-order valence-corrected chi connectivity index (χ0v) is 13.4. The largest absolute Gasteiger partial charge is 0.378 e. The second-order valence-corrected chi connectivity index (χ2v) is 6.39. The number of rotatable bonds is 4. The first kappa shape index (κ1) is 18.6. The molecule has 1 unspecified atom stereocenters. The van der Waals surface area contributed by atoms with Crippen LogP contribution in [0.1, 0.15) is 0 Å². The summed E-state index contributed by atoms with van der Waals surface area (Å²) in [5.41, 5.74) is 0.0723. The summed E-state index contributed by atoms with van der Waals surface area (Å²) in [5, 5.41) is 5.56. The second-order valence-electron chi connectivity index (χ2n) is 4.64. The van der Waals surface area contributed by atoms with E-state index in [9.17, 15) is 17.6 Å². The molecule has 0 radical (unpaired) electrons. The molecular formula is C12H17ClFN3O4S. The molecule has 3 N–H and O–H groups in total. The fourth-order valence-corrected chi connectivity index (χ4v) is 2.40. The summed E-state index contributed by atoms with van der Waals surface area (Å²) >= 11 is 0. The monoisotopic (exact) mass is 353 g/mol. The van der Waals surface area contributed by atoms with Crippen LogP contribution in [0.5, 0.6) is 0 Å². The third-order valence-electron chi connectivity index (χ3n) is 2.77. The predicted molar refractivity (Wildman–Crippen MR) is 83.4 cm³/mol. The van der Waals surface area contributed by atoms with E-state index < -0.39 is 21.9 Å². The Morgan fingerprint density at radius 3 is 2.77 bits per heavy atom. The van der Waals surface area contributed by atoms with Crippen LogP contribution in [-0.4, -0.2) is 46.4 Å². The lowest BCUT2D eigenvalue weighted by molar-refractivity contribution is -0.120. The molecule has 0 saturated carbocycles. The van der Waals surface area contributed by atoms with Crippen molar-refractivity contribution in [3.05, 3.63) is 24.0 Å². The van der Waals surface area contributed by atoms with Crippen molar-refractivity contribution in [3.8, 4) is 0 Å². The van der Waals surface area contributed by atoms with E-state index in [-0.39, 0.29) is 30.6 Å². The van der Waals surface area contributed by atoms with Crippen LogP contribution in [0.3, 0.4) is 0 Å². The number of hydrogen-bond acceptors (Lipinski definition) is 5. The van der Waals surface area contributed by atoms with Gasteiger partial charge in [-0.15, -0.1) is 12.4 Å². The normalized spacial score (nSPS) is 18.2. The van der Waals surface area contributed by atoms with Crippen molar-refractivity contribution >= 4 is 39.7 Å². The summed E-state index contributed by atoms with van der Waals surface area (Å²) < 4.78 is 43.0. The van der Waals surface area contributed by atoms with Crippen molar-refractivity contribution in [2.45, 2.75) is 6.04 Å². The zero-order chi connectivity index (χ0) is 15.5. The van der Waals surface area contributed by atoms with E-state index in [1.54, 1.807) is 0 Å². The maximum Gasteiger partial charge on any atom is 0.243 e. The fraction of sp³-hybridized carbons (Fsp3) is 0.417. The van der Waals surface area contributed by atoms with E-state index in [0.717, 1.165) is 12.3 Å². The summed E-state index contributed by atoms with van der Waals surface area (Å²) in [4.78, 5) is 12.0. The molecule has 1 heterocycles. The highest BCUT2D eigenvalue weighted by atomic mass is 35.5. The van der Waals surface area contributed by atoms with Gasteiger partial charge in [0.1, 0.15) is 11.9 Å². The lowest BCUT2D eigenvalue weighted by atomic mass is 10.2. The molecule has 1 saturated heterocycles. The van der Waals surface area contributed by atoms with E-state index in [1.165, 1.54) is 12.1 Å². The molecule has 2 rings (SSSR count). The van der Waals surface area contributed by atoms with Crippen molar-refractivity contribution in [1.82, 2.24) is 5.32 Å². The van der Waals surface area contributed by atoms with E-state index in [4.69, 9.17) is 4.74 Å². The highest BCUT2D eigenvalue weighted by Crippen LogP contribution is 2.20. The molecule has 0 aliphatic carbocycles. The summed E-state index contributed by atoms with van der Waals surface area (Å²) in [5.74, 6) is -1.05. The minimum Gasteiger partial charge on any atom is -0.378 e. The number of amides is 1. The van der Waals surface area contributed by atoms with Gasteiger partial charge in [-0.05, 0) is 18.2 Å². The Labute approximate surface area is 134 Å². The number of ether oxygens (including phenoxy) is 1. The van der Waals surface area contributed by atoms with Crippen molar-refractivity contribution in [3.63, 3.8) is 0 Å². The Morgan fingerprint density at radius 2 is 2.18 bits per heavy atom. The van der Waals surface area contributed by atoms with E-state index in [2.05, 4.69) is 10.6 Å². The highest BCUT2D eigenvalue weighted by Gasteiger charge is 2.21. The van der Waals surface area contributed by atoms with E-state index in [1.807, 2.05) is 4.72 Å². The molecule has 10 heteroatoms. The predicted octanol–water partition coefficient (Wildman–Crippen LogP) is 0.546. The van der Waals surface area contributed by atoms with Crippen molar-refractivity contribution in [1.29, 1.82) is 0 Å². The number of sulfonamides is 1. The van der Waals surface area contributed by atoms with Crippen LogP contribution in [-0.2, 0) is 19.6 Å². The molecule has 0 bridgehead atoms. The van der Waals surface area contributed by atoms with Crippen LogP contribution in [0.2, 0.25) is 0 Å². The first-order valence-corrected chi connectivity index (χ1v) is 8.13. The first-order valence-electron chi connectivity index (χ1n) is 6.24. The average Bonchev–Trinajstić information content (AvgIpc) is 2.42. The van der Waals surface area contributed by atoms with Gasteiger partial charge in [0.25, 0.3) is 0 Å². The Balaban J connectivity index is 0.00000242. The van der Waals surface area contributed by atoms with E-state index in [0.29, 0.717) is 18.8 Å². The number of halogens is 2. The van der Waals surface area contributed by atoms with Gasteiger partial charge in [-0.25, -0.2) is 12.8 Å². The maximum absolute atomic E-state index is 13.5. The summed E-state index contributed by atoms with van der Waals surface area (Å²) in [6, 6.07) is 3.16. The number of anilines is 2. The molecule has 1 aliphatic heterocycles. The number of morpholine rings is 1. The van der Waals surface area contributed by atoms with Crippen molar-refractivity contribution in [2.24, 2.45) is 0 Å². The van der Waals surface area contributed by atoms with Gasteiger partial charge in [0.15, 0.2) is 0 Å². The van der Waals surface area contributed by atoms with Crippen molar-refractivity contribution in [2.75, 3.05) is 36.1 Å². The number of benzene rings is 1. The zero-order valence-electron chi connectivity index (χ0n) is 11.8. The lowest BCUT2D eigenvalue weighted by Gasteiger charge is -2.23. The smallest absolute Gasteiger partial charge is 0.243 e. The summed E-state index contributed by atoms with van der Waals surface area (Å²) in [6.45, 7) is 1.37. The molecule has 1 aromatic rings. The standard InChI is InChI=1S/C12H16FN3O4S.ClH/c1-21(18,19)16-10-6-8(2-3-9(10)13)15-12(17)11-7-20-5-4-14-11;/h2-3,6,11,14,16H,4-5,7H2,1H3,(H,15,17);1H. The van der Waals surface area contributed by atoms with Gasteiger partial charge >= 0.3 is 0 Å². The number of carbonyl (C=O) groups excluding carboxylic acids is 1. The topological polar surface area (TPSA) is 96.5 Å². The Bertz CT molecular complexity index is 635. The molecule has 124 valence electrons. The van der Waals surface area contributed by atoms with Crippen LogP contribution in [0.25, 0.3) is 0 Å². The molecule has 1 aromatic carbocycles. The first-order chi connectivity index (χ1) is 9.85. The molecule has 22 heavy (non-hydrogen) atoms. The van der Waals surface area contributed by atoms with E-state index >= 15 is 0 Å². The van der Waals surface area contributed by atoms with Gasteiger partial charge in [-0.2, -0.15) is 0 Å². The number of nitrogens with one attached hydrogen (secondary N) is 3. The van der Waals surface area contributed by atoms with Crippen LogP contribution >= 0.6 is 12.4 Å². The van der Waals surface area contributed by atoms with Gasteiger partial charge in [-0.1, -0.05) is 0 Å². The molecular weight excluding hydrogens is 337 g/mol. The van der Waals surface area contributed by atoms with Crippen LogP contribution in [0.4, 0.5) is 15.8 Å². The molecule has 1 aliphatic rings. The molecule has 1 amide bonds. The number of carbonyl (C=O) groups is 1. The summed E-state index contributed by atoms with van der Waals surface area (Å²) in [7, 11) is -3.60. The molecule has 1 atom stereocenters. The highest BCUT2D eigenvalue weighted by molar-refractivity contribution is 7.92. The van der Waals surface area contributed by atoms with Crippen LogP contribution < -0.4 is 15.4 Å². The quantitative estimate of drug-likeness (QED) is 0.734. The minimum absolute atomic E-state index is 0. The van der Waals surface area contributed by atoms with Gasteiger partial charge in [0.2, 0.25) is 15.9 Å². The molecule has 0 aromatic heterocycles. The summed E-state index contributed by atoms with van der Waals surface area (Å²) in [6.07, 6.45) is 0.918. The molecule has 1 fully saturated rings. The Morgan fingerprint density at radius 1 is 1.45 bits per heavy atom. The van der Waals surface area contributed by atoms with Gasteiger partial charge in [0.05, 0.1) is 25.2 Å². The van der Waals surface area contributed by atoms with Crippen LogP contribution in [0, 0.1) is 5.82 Å². The average molecular weight is 354 g/mol. The van der Waals surface area contributed by atoms with Gasteiger partial charge in [-0.3, -0.25) is 9.52 Å². The molecule has 7 nitrogen and oxygen atoms in total. The van der Waals surface area contributed by atoms with Gasteiger partial charge < -0.3 is 15.4 Å². The molecule has 0 spiro atoms.